The number of benzene rings is 1. The molecule has 0 fully saturated rings. The highest BCUT2D eigenvalue weighted by Crippen LogP contribution is 2.10. The highest BCUT2D eigenvalue weighted by molar-refractivity contribution is 7.07. The molecule has 0 spiro atoms. The largest absolute Gasteiger partial charge is 0.383 e. The molecule has 39 heavy (non-hydrogen) atoms. The molecule has 4 amide bonds. The molecule has 3 aromatic rings. The standard InChI is InChI=1S/C27H31N7O4S/c35-24-7-4-13-34(27(38)23-17-39-18-32-23)14-12-31-25(36)22(15-19-5-2-1-3-6-19)33-26(37)21-16-20(8-9-29-21)28-10-11-30-24/h1-3,5-6,8-9,16-18,22,28H,4,7,10-15H2,(H,30,35)(H,31,36)(H,33,37)/t22-/m0/s1. The van der Waals surface area contributed by atoms with Crippen molar-refractivity contribution in [2.75, 3.05) is 38.0 Å². The Morgan fingerprint density at radius 2 is 1.79 bits per heavy atom. The minimum Gasteiger partial charge on any atom is -0.383 e. The molecule has 204 valence electrons. The minimum absolute atomic E-state index is 0.123. The smallest absolute Gasteiger partial charge is 0.273 e. The van der Waals surface area contributed by atoms with Crippen LogP contribution in [0.25, 0.3) is 0 Å². The molecule has 4 rings (SSSR count). The molecule has 1 atom stereocenters. The maximum absolute atomic E-state index is 13.2. The number of fused-ring (bicyclic) bond motifs is 2. The molecule has 0 saturated carbocycles. The van der Waals surface area contributed by atoms with Gasteiger partial charge in [-0.1, -0.05) is 30.3 Å². The number of thiazole rings is 1. The summed E-state index contributed by atoms with van der Waals surface area (Å²) in [5.41, 5.74) is 3.62. The highest BCUT2D eigenvalue weighted by Gasteiger charge is 2.24. The molecule has 0 saturated heterocycles. The molecule has 11 nitrogen and oxygen atoms in total. The zero-order chi connectivity index (χ0) is 27.5. The third-order valence-corrected chi connectivity index (χ3v) is 6.71. The summed E-state index contributed by atoms with van der Waals surface area (Å²) in [7, 11) is 0. The number of amides is 4. The van der Waals surface area contributed by atoms with E-state index < -0.39 is 11.9 Å². The van der Waals surface area contributed by atoms with Gasteiger partial charge < -0.3 is 26.2 Å². The number of carbonyl (C=O) groups excluding carboxylic acids is 4. The van der Waals surface area contributed by atoms with E-state index in [4.69, 9.17) is 0 Å². The van der Waals surface area contributed by atoms with Crippen molar-refractivity contribution in [1.29, 1.82) is 0 Å². The number of pyridine rings is 1. The summed E-state index contributed by atoms with van der Waals surface area (Å²) in [5.74, 6) is -1.25. The van der Waals surface area contributed by atoms with Crippen LogP contribution in [0.2, 0.25) is 0 Å². The minimum atomic E-state index is -0.857. The van der Waals surface area contributed by atoms with Gasteiger partial charge in [-0.2, -0.15) is 0 Å². The summed E-state index contributed by atoms with van der Waals surface area (Å²) in [6, 6.07) is 11.9. The monoisotopic (exact) mass is 549 g/mol. The van der Waals surface area contributed by atoms with Gasteiger partial charge in [0, 0.05) is 62.8 Å². The van der Waals surface area contributed by atoms with Crippen LogP contribution in [0.1, 0.15) is 39.4 Å². The Morgan fingerprint density at radius 3 is 2.59 bits per heavy atom. The van der Waals surface area contributed by atoms with E-state index in [1.807, 2.05) is 30.3 Å². The van der Waals surface area contributed by atoms with Gasteiger partial charge in [0.15, 0.2) is 0 Å². The molecule has 2 bridgehead atoms. The van der Waals surface area contributed by atoms with Crippen molar-refractivity contribution < 1.29 is 19.2 Å². The van der Waals surface area contributed by atoms with E-state index in [1.54, 1.807) is 27.9 Å². The van der Waals surface area contributed by atoms with Crippen LogP contribution >= 0.6 is 11.3 Å². The SMILES string of the molecule is O=C1CCCN(C(=O)c2cscn2)CCNC(=O)[C@H](Cc2ccccc2)NC(=O)c2cc(ccn2)NCCN1. The molecule has 0 unspecified atom stereocenters. The first-order valence-electron chi connectivity index (χ1n) is 12.8. The van der Waals surface area contributed by atoms with Crippen LogP contribution in [0, 0.1) is 0 Å². The van der Waals surface area contributed by atoms with Crippen molar-refractivity contribution in [3.05, 3.63) is 76.5 Å². The molecular weight excluding hydrogens is 518 g/mol. The lowest BCUT2D eigenvalue weighted by Crippen LogP contribution is -2.50. The van der Waals surface area contributed by atoms with Crippen LogP contribution in [0.15, 0.2) is 59.6 Å². The van der Waals surface area contributed by atoms with E-state index >= 15 is 0 Å². The second kappa shape index (κ2) is 14.0. The zero-order valence-corrected chi connectivity index (χ0v) is 22.2. The number of nitrogens with zero attached hydrogens (tertiary/aromatic N) is 3. The summed E-state index contributed by atoms with van der Waals surface area (Å²) < 4.78 is 0. The Morgan fingerprint density at radius 1 is 0.974 bits per heavy atom. The van der Waals surface area contributed by atoms with Gasteiger partial charge in [0.2, 0.25) is 11.8 Å². The Balaban J connectivity index is 1.52. The average Bonchev–Trinajstić information content (AvgIpc) is 3.49. The van der Waals surface area contributed by atoms with Crippen molar-refractivity contribution in [2.24, 2.45) is 0 Å². The first-order chi connectivity index (χ1) is 19.0. The Hall–Kier alpha value is -4.32. The quantitative estimate of drug-likeness (QED) is 0.387. The van der Waals surface area contributed by atoms with Crippen molar-refractivity contribution in [2.45, 2.75) is 25.3 Å². The Labute approximate surface area is 230 Å². The molecule has 1 aliphatic rings. The first kappa shape index (κ1) is 27.7. The maximum atomic E-state index is 13.2. The van der Waals surface area contributed by atoms with Gasteiger partial charge in [0.25, 0.3) is 11.8 Å². The lowest BCUT2D eigenvalue weighted by molar-refractivity contribution is -0.123. The van der Waals surface area contributed by atoms with E-state index in [2.05, 4.69) is 31.2 Å². The molecule has 0 aliphatic carbocycles. The second-order valence-electron chi connectivity index (χ2n) is 8.98. The van der Waals surface area contributed by atoms with E-state index in [9.17, 15) is 19.2 Å². The summed E-state index contributed by atoms with van der Waals surface area (Å²) >= 11 is 1.32. The fraction of sp³-hybridized carbons (Fsp3) is 0.333. The number of nitrogens with one attached hydrogen (secondary N) is 4. The third-order valence-electron chi connectivity index (χ3n) is 6.12. The number of rotatable bonds is 3. The van der Waals surface area contributed by atoms with Crippen LogP contribution in [0.5, 0.6) is 0 Å². The number of hydrogen-bond donors (Lipinski definition) is 4. The number of hydrogen-bond acceptors (Lipinski definition) is 8. The van der Waals surface area contributed by atoms with E-state index in [0.29, 0.717) is 37.4 Å². The van der Waals surface area contributed by atoms with Gasteiger partial charge in [0.05, 0.1) is 5.51 Å². The van der Waals surface area contributed by atoms with Crippen molar-refractivity contribution in [3.8, 4) is 0 Å². The first-order valence-corrected chi connectivity index (χ1v) is 13.7. The lowest BCUT2D eigenvalue weighted by Gasteiger charge is -2.23. The normalized spacial score (nSPS) is 17.9. The molecule has 12 heteroatoms. The van der Waals surface area contributed by atoms with Crippen molar-refractivity contribution in [3.63, 3.8) is 0 Å². The van der Waals surface area contributed by atoms with Gasteiger partial charge >= 0.3 is 0 Å². The van der Waals surface area contributed by atoms with Gasteiger partial charge in [-0.15, -0.1) is 11.3 Å². The Bertz CT molecular complexity index is 1270. The van der Waals surface area contributed by atoms with Gasteiger partial charge in [-0.05, 0) is 24.1 Å². The van der Waals surface area contributed by atoms with Crippen molar-refractivity contribution >= 4 is 40.7 Å². The maximum Gasteiger partial charge on any atom is 0.273 e. The van der Waals surface area contributed by atoms with Gasteiger partial charge in [0.1, 0.15) is 17.4 Å². The second-order valence-corrected chi connectivity index (χ2v) is 9.70. The Kier molecular flexibility index (Phi) is 9.95. The topological polar surface area (TPSA) is 145 Å². The predicted octanol–water partition coefficient (Wildman–Crippen LogP) is 1.46. The summed E-state index contributed by atoms with van der Waals surface area (Å²) in [6.45, 7) is 1.56. The zero-order valence-electron chi connectivity index (χ0n) is 21.4. The van der Waals surface area contributed by atoms with Crippen molar-refractivity contribution in [1.82, 2.24) is 30.8 Å². The molecule has 1 aromatic carbocycles. The number of carbonyl (C=O) groups is 4. The van der Waals surface area contributed by atoms with E-state index in [-0.39, 0.29) is 49.3 Å². The molecular formula is C27H31N7O4S. The predicted molar refractivity (Wildman–Crippen MR) is 147 cm³/mol. The van der Waals surface area contributed by atoms with E-state index in [1.165, 1.54) is 17.5 Å². The third kappa shape index (κ3) is 8.34. The molecule has 1 aliphatic heterocycles. The summed E-state index contributed by atoms with van der Waals surface area (Å²) in [6.07, 6.45) is 2.51. The summed E-state index contributed by atoms with van der Waals surface area (Å²) in [5, 5.41) is 13.4. The highest BCUT2D eigenvalue weighted by atomic mass is 32.1. The fourth-order valence-electron chi connectivity index (χ4n) is 4.12. The van der Waals surface area contributed by atoms with E-state index in [0.717, 1.165) is 5.56 Å². The van der Waals surface area contributed by atoms with Crippen LogP contribution in [0.4, 0.5) is 5.69 Å². The number of anilines is 1. The van der Waals surface area contributed by atoms with Crippen LogP contribution < -0.4 is 21.3 Å². The fourth-order valence-corrected chi connectivity index (χ4v) is 4.64. The van der Waals surface area contributed by atoms with Crippen LogP contribution in [-0.4, -0.2) is 77.3 Å². The van der Waals surface area contributed by atoms with Gasteiger partial charge in [-0.25, -0.2) is 4.98 Å². The average molecular weight is 550 g/mol. The van der Waals surface area contributed by atoms with Crippen LogP contribution in [-0.2, 0) is 16.0 Å². The lowest BCUT2D eigenvalue weighted by atomic mass is 10.0. The van der Waals surface area contributed by atoms with Crippen LogP contribution in [0.3, 0.4) is 0 Å². The summed E-state index contributed by atoms with van der Waals surface area (Å²) in [4.78, 5) is 61.5. The molecule has 4 N–H and O–H groups in total. The molecule has 3 heterocycles. The van der Waals surface area contributed by atoms with Gasteiger partial charge in [-0.3, -0.25) is 24.2 Å². The molecule has 0 radical (unpaired) electrons. The number of aromatic nitrogens is 2. The molecule has 2 aromatic heterocycles.